The lowest BCUT2D eigenvalue weighted by Gasteiger charge is -2.26. The van der Waals surface area contributed by atoms with E-state index in [9.17, 15) is 0 Å². The van der Waals surface area contributed by atoms with Crippen molar-refractivity contribution in [2.75, 3.05) is 6.61 Å². The molecule has 0 amide bonds. The Kier molecular flexibility index (Phi) is 3.63. The molecule has 1 saturated heterocycles. The van der Waals surface area contributed by atoms with Crippen molar-refractivity contribution in [3.63, 3.8) is 0 Å². The number of halogens is 1. The van der Waals surface area contributed by atoms with Crippen LogP contribution < -0.4 is 0 Å². The van der Waals surface area contributed by atoms with Crippen LogP contribution in [0, 0.1) is 0 Å². The Morgan fingerprint density at radius 3 is 2.92 bits per heavy atom. The first-order valence-corrected chi connectivity index (χ1v) is 6.07. The van der Waals surface area contributed by atoms with Gasteiger partial charge in [-0.3, -0.25) is 0 Å². The Bertz CT molecular complexity index is 197. The van der Waals surface area contributed by atoms with E-state index < -0.39 is 0 Å². The number of hydrogen-bond acceptors (Lipinski definition) is 2. The van der Waals surface area contributed by atoms with Crippen LogP contribution in [0.5, 0.6) is 0 Å². The predicted molar refractivity (Wildman–Crippen MR) is 59.8 cm³/mol. The van der Waals surface area contributed by atoms with Gasteiger partial charge in [0.15, 0.2) is 6.29 Å². The maximum Gasteiger partial charge on any atom is 0.158 e. The van der Waals surface area contributed by atoms with Gasteiger partial charge in [0, 0.05) is 10.2 Å². The molecule has 2 rings (SSSR count). The third-order valence-corrected chi connectivity index (χ3v) is 3.66. The Morgan fingerprint density at radius 2 is 2.31 bits per heavy atom. The SMILES string of the molecule is IC1=CCCC1OC1CCCCO1. The highest BCUT2D eigenvalue weighted by Gasteiger charge is 2.23. The molecule has 0 spiro atoms. The second-order valence-electron chi connectivity index (χ2n) is 3.59. The first-order chi connectivity index (χ1) is 6.36. The van der Waals surface area contributed by atoms with Crippen LogP contribution in [0.15, 0.2) is 9.66 Å². The highest BCUT2D eigenvalue weighted by atomic mass is 127. The monoisotopic (exact) mass is 294 g/mol. The molecule has 0 aromatic rings. The van der Waals surface area contributed by atoms with Crippen molar-refractivity contribution in [1.29, 1.82) is 0 Å². The van der Waals surface area contributed by atoms with Crippen LogP contribution in [0.4, 0.5) is 0 Å². The molecule has 1 fully saturated rings. The fourth-order valence-corrected chi connectivity index (χ4v) is 2.55. The molecule has 0 aromatic carbocycles. The van der Waals surface area contributed by atoms with Crippen LogP contribution >= 0.6 is 22.6 Å². The lowest BCUT2D eigenvalue weighted by molar-refractivity contribution is -0.178. The normalized spacial score (nSPS) is 34.7. The van der Waals surface area contributed by atoms with Gasteiger partial charge in [0.1, 0.15) is 0 Å². The van der Waals surface area contributed by atoms with E-state index in [1.807, 2.05) is 0 Å². The van der Waals surface area contributed by atoms with Gasteiger partial charge in [0.2, 0.25) is 0 Å². The van der Waals surface area contributed by atoms with Gasteiger partial charge in [-0.1, -0.05) is 6.08 Å². The summed E-state index contributed by atoms with van der Waals surface area (Å²) in [7, 11) is 0. The maximum absolute atomic E-state index is 5.87. The third-order valence-electron chi connectivity index (χ3n) is 2.53. The molecule has 2 atom stereocenters. The summed E-state index contributed by atoms with van der Waals surface area (Å²) >= 11 is 2.37. The molecule has 3 heteroatoms. The van der Waals surface area contributed by atoms with Crippen molar-refractivity contribution in [1.82, 2.24) is 0 Å². The molecule has 2 aliphatic rings. The molecule has 0 saturated carbocycles. The zero-order valence-corrected chi connectivity index (χ0v) is 9.83. The topological polar surface area (TPSA) is 18.5 Å². The van der Waals surface area contributed by atoms with Crippen molar-refractivity contribution in [3.8, 4) is 0 Å². The van der Waals surface area contributed by atoms with Gasteiger partial charge in [-0.2, -0.15) is 0 Å². The minimum atomic E-state index is 0.0648. The van der Waals surface area contributed by atoms with Crippen LogP contribution in [-0.2, 0) is 9.47 Å². The molecule has 13 heavy (non-hydrogen) atoms. The molecule has 0 N–H and O–H groups in total. The van der Waals surface area contributed by atoms with Crippen LogP contribution in [-0.4, -0.2) is 19.0 Å². The van der Waals surface area contributed by atoms with Crippen molar-refractivity contribution >= 4 is 22.6 Å². The molecule has 1 aliphatic carbocycles. The summed E-state index contributed by atoms with van der Waals surface area (Å²) in [6.07, 6.45) is 8.45. The summed E-state index contributed by atoms with van der Waals surface area (Å²) in [5.41, 5.74) is 0. The fourth-order valence-electron chi connectivity index (χ4n) is 1.78. The average molecular weight is 294 g/mol. The molecule has 1 heterocycles. The second-order valence-corrected chi connectivity index (χ2v) is 4.83. The van der Waals surface area contributed by atoms with E-state index in [-0.39, 0.29) is 6.29 Å². The first kappa shape index (κ1) is 9.93. The van der Waals surface area contributed by atoms with E-state index in [1.165, 1.54) is 16.4 Å². The molecular weight excluding hydrogens is 279 g/mol. The first-order valence-electron chi connectivity index (χ1n) is 4.99. The molecule has 0 radical (unpaired) electrons. The van der Waals surface area contributed by atoms with Gasteiger partial charge in [-0.15, -0.1) is 0 Å². The van der Waals surface area contributed by atoms with E-state index in [4.69, 9.17) is 9.47 Å². The van der Waals surface area contributed by atoms with Gasteiger partial charge in [0.05, 0.1) is 6.10 Å². The molecule has 2 unspecified atom stereocenters. The Labute approximate surface area is 92.8 Å². The average Bonchev–Trinajstić information content (AvgIpc) is 2.54. The van der Waals surface area contributed by atoms with Gasteiger partial charge in [-0.25, -0.2) is 0 Å². The van der Waals surface area contributed by atoms with E-state index >= 15 is 0 Å². The number of hydrogen-bond donors (Lipinski definition) is 0. The summed E-state index contributed by atoms with van der Waals surface area (Å²) in [6.45, 7) is 0.873. The Morgan fingerprint density at radius 1 is 1.38 bits per heavy atom. The zero-order chi connectivity index (χ0) is 9.10. The highest BCUT2D eigenvalue weighted by molar-refractivity contribution is 14.1. The van der Waals surface area contributed by atoms with E-state index in [2.05, 4.69) is 28.7 Å². The van der Waals surface area contributed by atoms with Crippen LogP contribution in [0.1, 0.15) is 32.1 Å². The lowest BCUT2D eigenvalue weighted by atomic mass is 10.2. The minimum absolute atomic E-state index is 0.0648. The van der Waals surface area contributed by atoms with E-state index in [0.717, 1.165) is 25.9 Å². The predicted octanol–water partition coefficient (Wildman–Crippen LogP) is 3.01. The molecule has 0 bridgehead atoms. The summed E-state index contributed by atoms with van der Waals surface area (Å²) in [6, 6.07) is 0. The molecule has 2 nitrogen and oxygen atoms in total. The molecule has 74 valence electrons. The van der Waals surface area contributed by atoms with E-state index in [1.54, 1.807) is 0 Å². The zero-order valence-electron chi connectivity index (χ0n) is 7.67. The number of ether oxygens (including phenoxy) is 2. The van der Waals surface area contributed by atoms with Gasteiger partial charge in [0.25, 0.3) is 0 Å². The largest absolute Gasteiger partial charge is 0.353 e. The molecular formula is C10H15IO2. The number of rotatable bonds is 2. The standard InChI is InChI=1S/C10H15IO2/c11-8-4-3-5-9(8)13-10-6-1-2-7-12-10/h4,9-10H,1-3,5-7H2. The van der Waals surface area contributed by atoms with Crippen molar-refractivity contribution < 1.29 is 9.47 Å². The van der Waals surface area contributed by atoms with Crippen LogP contribution in [0.25, 0.3) is 0 Å². The number of allylic oxidation sites excluding steroid dienone is 1. The quantitative estimate of drug-likeness (QED) is 0.729. The smallest absolute Gasteiger partial charge is 0.158 e. The van der Waals surface area contributed by atoms with E-state index in [0.29, 0.717) is 6.10 Å². The van der Waals surface area contributed by atoms with Gasteiger partial charge in [-0.05, 0) is 54.7 Å². The Balaban J connectivity index is 1.79. The summed E-state index contributed by atoms with van der Waals surface area (Å²) in [4.78, 5) is 0. The molecule has 0 aromatic heterocycles. The van der Waals surface area contributed by atoms with Crippen molar-refractivity contribution in [3.05, 3.63) is 9.66 Å². The van der Waals surface area contributed by atoms with Crippen LogP contribution in [0.3, 0.4) is 0 Å². The Hall–Kier alpha value is 0.390. The molecule has 1 aliphatic heterocycles. The summed E-state index contributed by atoms with van der Waals surface area (Å²) in [5.74, 6) is 0. The minimum Gasteiger partial charge on any atom is -0.353 e. The lowest BCUT2D eigenvalue weighted by Crippen LogP contribution is -2.27. The third kappa shape index (κ3) is 2.67. The summed E-state index contributed by atoms with van der Waals surface area (Å²) < 4.78 is 12.8. The summed E-state index contributed by atoms with van der Waals surface area (Å²) in [5, 5.41) is 0. The van der Waals surface area contributed by atoms with Gasteiger partial charge >= 0.3 is 0 Å². The maximum atomic E-state index is 5.87. The van der Waals surface area contributed by atoms with Crippen molar-refractivity contribution in [2.45, 2.75) is 44.5 Å². The highest BCUT2D eigenvalue weighted by Crippen LogP contribution is 2.29. The van der Waals surface area contributed by atoms with Gasteiger partial charge < -0.3 is 9.47 Å². The second kappa shape index (κ2) is 4.75. The van der Waals surface area contributed by atoms with Crippen LogP contribution in [0.2, 0.25) is 0 Å². The van der Waals surface area contributed by atoms with Crippen molar-refractivity contribution in [2.24, 2.45) is 0 Å². The fraction of sp³-hybridized carbons (Fsp3) is 0.800.